The molecule has 132 valence electrons. The normalized spacial score (nSPS) is 12.3. The van der Waals surface area contributed by atoms with Gasteiger partial charge in [-0.2, -0.15) is 0 Å². The number of alkyl halides is 3. The summed E-state index contributed by atoms with van der Waals surface area (Å²) in [6.45, 7) is 0. The number of carbonyl (C=O) groups excluding carboxylic acids is 1. The molecule has 0 heterocycles. The molecule has 1 atom stereocenters. The number of ether oxygens (including phenoxy) is 1. The Labute approximate surface area is 166 Å². The number of non-ortho nitro benzene ring substituents is 1. The molecule has 0 fully saturated rings. The van der Waals surface area contributed by atoms with Crippen LogP contribution in [0.15, 0.2) is 53.0 Å². The number of nitro groups is 1. The maximum Gasteiger partial charge on any atom is 0.269 e. The van der Waals surface area contributed by atoms with Crippen LogP contribution in [-0.2, 0) is 0 Å². The number of nitrogens with one attached hydrogen (secondary N) is 1. The Balaban J connectivity index is 2.18. The van der Waals surface area contributed by atoms with E-state index in [1.54, 1.807) is 24.3 Å². The number of nitro benzene ring substituents is 1. The molecule has 1 amide bonds. The second kappa shape index (κ2) is 8.23. The highest BCUT2D eigenvalue weighted by Crippen LogP contribution is 2.32. The zero-order chi connectivity index (χ0) is 18.6. The number of nitrogens with zero attached hydrogens (tertiary/aromatic N) is 1. The molecular formula is C15H10BrCl3N2O4. The van der Waals surface area contributed by atoms with E-state index in [0.717, 1.165) is 0 Å². The van der Waals surface area contributed by atoms with Crippen LogP contribution in [0.1, 0.15) is 10.4 Å². The Morgan fingerprint density at radius 1 is 1.16 bits per heavy atom. The van der Waals surface area contributed by atoms with Gasteiger partial charge in [0.05, 0.1) is 10.5 Å². The van der Waals surface area contributed by atoms with Crippen molar-refractivity contribution >= 4 is 62.3 Å². The van der Waals surface area contributed by atoms with Crippen molar-refractivity contribution in [1.29, 1.82) is 0 Å². The smallest absolute Gasteiger partial charge is 0.269 e. The van der Waals surface area contributed by atoms with Gasteiger partial charge in [-0.25, -0.2) is 0 Å². The van der Waals surface area contributed by atoms with E-state index in [1.807, 2.05) is 0 Å². The minimum Gasteiger partial charge on any atom is -0.466 e. The Morgan fingerprint density at radius 3 is 2.28 bits per heavy atom. The summed E-state index contributed by atoms with van der Waals surface area (Å²) in [4.78, 5) is 22.5. The second-order valence-corrected chi connectivity index (χ2v) is 7.97. The molecule has 10 heteroatoms. The predicted molar refractivity (Wildman–Crippen MR) is 99.4 cm³/mol. The quantitative estimate of drug-likeness (QED) is 0.294. The first-order valence-electron chi connectivity index (χ1n) is 6.71. The molecule has 0 radical (unpaired) electrons. The van der Waals surface area contributed by atoms with Gasteiger partial charge in [0, 0.05) is 16.6 Å². The topological polar surface area (TPSA) is 81.5 Å². The summed E-state index contributed by atoms with van der Waals surface area (Å²) in [6.07, 6.45) is -1.32. The maximum absolute atomic E-state index is 12.4. The monoisotopic (exact) mass is 466 g/mol. The largest absolute Gasteiger partial charge is 0.466 e. The highest BCUT2D eigenvalue weighted by molar-refractivity contribution is 9.10. The molecule has 0 aliphatic heterocycles. The summed E-state index contributed by atoms with van der Waals surface area (Å²) in [5, 5.41) is 13.1. The van der Waals surface area contributed by atoms with E-state index in [-0.39, 0.29) is 11.4 Å². The molecule has 25 heavy (non-hydrogen) atoms. The van der Waals surface area contributed by atoms with E-state index >= 15 is 0 Å². The average Bonchev–Trinajstić information content (AvgIpc) is 2.54. The number of halogens is 4. The zero-order valence-corrected chi connectivity index (χ0v) is 16.1. The Morgan fingerprint density at radius 2 is 1.76 bits per heavy atom. The SMILES string of the molecule is O=C(N[C@H](Oc1ccc([N+](=O)[O-])cc1)C(Cl)(Cl)Cl)c1ccccc1Br. The third-order valence-corrected chi connectivity index (χ3v) is 4.27. The standard InChI is InChI=1S/C15H10BrCl3N2O4/c16-12-4-2-1-3-11(12)13(22)20-14(15(17,18)19)25-10-7-5-9(6-8-10)21(23)24/h1-8,14H,(H,20,22)/t14-/m1/s1. The van der Waals surface area contributed by atoms with Gasteiger partial charge in [-0.3, -0.25) is 14.9 Å². The van der Waals surface area contributed by atoms with E-state index in [0.29, 0.717) is 10.0 Å². The van der Waals surface area contributed by atoms with E-state index in [1.165, 1.54) is 24.3 Å². The molecule has 0 spiro atoms. The van der Waals surface area contributed by atoms with Gasteiger partial charge in [0.2, 0.25) is 10.0 Å². The van der Waals surface area contributed by atoms with Crippen LogP contribution >= 0.6 is 50.7 Å². The molecule has 6 nitrogen and oxygen atoms in total. The third-order valence-electron chi connectivity index (χ3n) is 2.98. The third kappa shape index (κ3) is 5.47. The van der Waals surface area contributed by atoms with Gasteiger partial charge in [-0.05, 0) is 40.2 Å². The molecule has 0 aliphatic rings. The van der Waals surface area contributed by atoms with Crippen molar-refractivity contribution in [3.63, 3.8) is 0 Å². The minimum atomic E-state index is -1.97. The number of carbonyl (C=O) groups is 1. The average molecular weight is 469 g/mol. The highest BCUT2D eigenvalue weighted by Gasteiger charge is 2.36. The van der Waals surface area contributed by atoms with Crippen LogP contribution in [0.2, 0.25) is 0 Å². The lowest BCUT2D eigenvalue weighted by Crippen LogP contribution is -2.47. The van der Waals surface area contributed by atoms with E-state index in [2.05, 4.69) is 21.2 Å². The summed E-state index contributed by atoms with van der Waals surface area (Å²) in [7, 11) is 0. The summed E-state index contributed by atoms with van der Waals surface area (Å²) in [5.41, 5.74) is 0.212. The van der Waals surface area contributed by atoms with E-state index in [4.69, 9.17) is 39.5 Å². The van der Waals surface area contributed by atoms with Crippen LogP contribution in [0.25, 0.3) is 0 Å². The van der Waals surface area contributed by atoms with E-state index in [9.17, 15) is 14.9 Å². The van der Waals surface area contributed by atoms with Gasteiger partial charge in [0.1, 0.15) is 5.75 Å². The summed E-state index contributed by atoms with van der Waals surface area (Å²) < 4.78 is 4.07. The molecule has 0 saturated heterocycles. The van der Waals surface area contributed by atoms with Crippen LogP contribution < -0.4 is 10.1 Å². The number of amides is 1. The van der Waals surface area contributed by atoms with Crippen molar-refractivity contribution in [3.05, 3.63) is 68.7 Å². The molecule has 0 saturated carbocycles. The van der Waals surface area contributed by atoms with E-state index < -0.39 is 20.9 Å². The Hall–Kier alpha value is -1.54. The highest BCUT2D eigenvalue weighted by atomic mass is 79.9. The number of rotatable bonds is 5. The van der Waals surface area contributed by atoms with Gasteiger partial charge >= 0.3 is 0 Å². The maximum atomic E-state index is 12.4. The lowest BCUT2D eigenvalue weighted by Gasteiger charge is -2.26. The molecule has 0 aromatic heterocycles. The van der Waals surface area contributed by atoms with Gasteiger partial charge in [-0.15, -0.1) is 0 Å². The van der Waals surface area contributed by atoms with Crippen molar-refractivity contribution in [1.82, 2.24) is 5.32 Å². The van der Waals surface area contributed by atoms with Crippen molar-refractivity contribution in [2.24, 2.45) is 0 Å². The van der Waals surface area contributed by atoms with Gasteiger partial charge in [0.15, 0.2) is 0 Å². The van der Waals surface area contributed by atoms with Gasteiger partial charge in [-0.1, -0.05) is 46.9 Å². The van der Waals surface area contributed by atoms with Gasteiger partial charge < -0.3 is 10.1 Å². The molecule has 0 aliphatic carbocycles. The fourth-order valence-electron chi connectivity index (χ4n) is 1.80. The van der Waals surface area contributed by atoms with Gasteiger partial charge in [0.25, 0.3) is 11.6 Å². The number of hydrogen-bond donors (Lipinski definition) is 1. The number of benzene rings is 2. The molecular weight excluding hydrogens is 458 g/mol. The first-order chi connectivity index (χ1) is 11.7. The fraction of sp³-hybridized carbons (Fsp3) is 0.133. The van der Waals surface area contributed by atoms with Crippen molar-refractivity contribution in [3.8, 4) is 5.75 Å². The molecule has 0 bridgehead atoms. The first kappa shape index (κ1) is 19.8. The van der Waals surface area contributed by atoms with Crippen LogP contribution in [0, 0.1) is 10.1 Å². The summed E-state index contributed by atoms with van der Waals surface area (Å²) >= 11 is 20.9. The van der Waals surface area contributed by atoms with Crippen molar-refractivity contribution in [2.45, 2.75) is 10.0 Å². The van der Waals surface area contributed by atoms with Crippen LogP contribution in [0.3, 0.4) is 0 Å². The molecule has 0 unspecified atom stereocenters. The Kier molecular flexibility index (Phi) is 6.51. The molecule has 2 rings (SSSR count). The van der Waals surface area contributed by atoms with Crippen molar-refractivity contribution in [2.75, 3.05) is 0 Å². The zero-order valence-electron chi connectivity index (χ0n) is 12.3. The second-order valence-electron chi connectivity index (χ2n) is 4.74. The summed E-state index contributed by atoms with van der Waals surface area (Å²) in [6, 6.07) is 11.9. The lowest BCUT2D eigenvalue weighted by molar-refractivity contribution is -0.384. The summed E-state index contributed by atoms with van der Waals surface area (Å²) in [5.74, 6) is -0.333. The van der Waals surface area contributed by atoms with Crippen LogP contribution in [-0.4, -0.2) is 20.9 Å². The molecule has 2 aromatic carbocycles. The molecule has 2 aromatic rings. The lowest BCUT2D eigenvalue weighted by atomic mass is 10.2. The van der Waals surface area contributed by atoms with Crippen LogP contribution in [0.4, 0.5) is 5.69 Å². The Bertz CT molecular complexity index is 781. The number of hydrogen-bond acceptors (Lipinski definition) is 4. The van der Waals surface area contributed by atoms with Crippen molar-refractivity contribution < 1.29 is 14.5 Å². The fourth-order valence-corrected chi connectivity index (χ4v) is 2.56. The minimum absolute atomic E-state index is 0.116. The van der Waals surface area contributed by atoms with Crippen LogP contribution in [0.5, 0.6) is 5.75 Å². The molecule has 1 N–H and O–H groups in total. The predicted octanol–water partition coefficient (Wildman–Crippen LogP) is 4.86. The first-order valence-corrected chi connectivity index (χ1v) is 8.64.